The van der Waals surface area contributed by atoms with Crippen LogP contribution in [0.15, 0.2) is 23.1 Å². The third kappa shape index (κ3) is 4.55. The first kappa shape index (κ1) is 16.1. The summed E-state index contributed by atoms with van der Waals surface area (Å²) in [5.74, 6) is -0.461. The molecule has 0 N–H and O–H groups in total. The van der Waals surface area contributed by atoms with Crippen LogP contribution in [0.25, 0.3) is 0 Å². The third-order valence-electron chi connectivity index (χ3n) is 2.22. The number of carbonyl (C=O) groups excluding carboxylic acids is 1. The smallest absolute Gasteiger partial charge is 0.293 e. The zero-order valence-corrected chi connectivity index (χ0v) is 12.2. The number of nitriles is 1. The molecular weight excluding hydrogens is 343 g/mol. The average molecular weight is 352 g/mol. The van der Waals surface area contributed by atoms with Gasteiger partial charge in [0.2, 0.25) is 0 Å². The predicted octanol–water partition coefficient (Wildman–Crippen LogP) is 4.33. The molecule has 0 bridgehead atoms. The van der Waals surface area contributed by atoms with Gasteiger partial charge in [0, 0.05) is 10.5 Å². The quantitative estimate of drug-likeness (QED) is 0.460. The van der Waals surface area contributed by atoms with E-state index < -0.39 is 16.1 Å². The number of alkyl halides is 4. The molecule has 0 saturated carbocycles. The van der Waals surface area contributed by atoms with Crippen molar-refractivity contribution in [2.75, 3.05) is 0 Å². The van der Waals surface area contributed by atoms with E-state index in [1.165, 1.54) is 25.1 Å². The summed E-state index contributed by atoms with van der Waals surface area (Å²) < 4.78 is 37.4. The van der Waals surface area contributed by atoms with Crippen molar-refractivity contribution in [1.82, 2.24) is 0 Å². The zero-order valence-electron chi connectivity index (χ0n) is 9.79. The van der Waals surface area contributed by atoms with E-state index in [2.05, 4.69) is 15.9 Å². The highest BCUT2D eigenvalue weighted by Gasteiger charge is 2.32. The Morgan fingerprint density at radius 1 is 1.53 bits per heavy atom. The first-order valence-electron chi connectivity index (χ1n) is 5.19. The van der Waals surface area contributed by atoms with Crippen LogP contribution in [-0.4, -0.2) is 16.1 Å². The molecule has 1 unspecified atom stereocenters. The van der Waals surface area contributed by atoms with Gasteiger partial charge in [-0.2, -0.15) is 18.4 Å². The van der Waals surface area contributed by atoms with E-state index in [1.54, 1.807) is 0 Å². The maximum Gasteiger partial charge on any atom is 0.446 e. The van der Waals surface area contributed by atoms with Crippen molar-refractivity contribution in [3.05, 3.63) is 29.3 Å². The molecule has 2 nitrogen and oxygen atoms in total. The minimum absolute atomic E-state index is 0.0317. The summed E-state index contributed by atoms with van der Waals surface area (Å²) in [5, 5.41) is 8.69. The molecule has 0 saturated heterocycles. The summed E-state index contributed by atoms with van der Waals surface area (Å²) in [5.41, 5.74) is -4.20. The summed E-state index contributed by atoms with van der Waals surface area (Å²) >= 11 is 2.71. The minimum Gasteiger partial charge on any atom is -0.293 e. The van der Waals surface area contributed by atoms with E-state index in [-0.39, 0.29) is 28.6 Å². The van der Waals surface area contributed by atoms with E-state index in [0.717, 1.165) is 0 Å². The Morgan fingerprint density at radius 2 is 2.16 bits per heavy atom. The number of hydrogen-bond donors (Lipinski definition) is 0. The molecule has 0 fully saturated rings. The fourth-order valence-corrected chi connectivity index (χ4v) is 2.46. The van der Waals surface area contributed by atoms with Gasteiger partial charge in [-0.3, -0.25) is 4.79 Å². The Balaban J connectivity index is 3.34. The summed E-state index contributed by atoms with van der Waals surface area (Å²) in [4.78, 5) is 11.2. The number of Topliss-reactive ketones (excluding diaryl/α,β-unsaturated/α-hetero) is 1. The topological polar surface area (TPSA) is 40.9 Å². The highest BCUT2D eigenvalue weighted by Crippen LogP contribution is 2.40. The van der Waals surface area contributed by atoms with Crippen LogP contribution in [0.2, 0.25) is 0 Å². The second-order valence-corrected chi connectivity index (χ2v) is 6.13. The molecular formula is C12H9BrF3NOS. The van der Waals surface area contributed by atoms with Gasteiger partial charge in [-0.05, 0) is 30.3 Å². The van der Waals surface area contributed by atoms with Gasteiger partial charge < -0.3 is 0 Å². The van der Waals surface area contributed by atoms with Crippen LogP contribution in [0.1, 0.15) is 22.8 Å². The van der Waals surface area contributed by atoms with Crippen molar-refractivity contribution in [3.63, 3.8) is 0 Å². The first-order chi connectivity index (χ1) is 8.76. The SMILES string of the molecule is CC(Br)C(=O)c1c(CC#N)cccc1SC(F)(F)F. The van der Waals surface area contributed by atoms with E-state index in [0.29, 0.717) is 5.56 Å². The third-order valence-corrected chi connectivity index (χ3v) is 3.42. The molecule has 1 rings (SSSR count). The zero-order chi connectivity index (χ0) is 14.6. The van der Waals surface area contributed by atoms with E-state index in [1.807, 2.05) is 6.07 Å². The highest BCUT2D eigenvalue weighted by atomic mass is 79.9. The molecule has 1 atom stereocenters. The molecule has 1 aromatic rings. The van der Waals surface area contributed by atoms with Crippen molar-refractivity contribution in [1.29, 1.82) is 5.26 Å². The second-order valence-electron chi connectivity index (χ2n) is 3.65. The summed E-state index contributed by atoms with van der Waals surface area (Å²) in [6.07, 6.45) is -0.104. The molecule has 0 spiro atoms. The average Bonchev–Trinajstić information content (AvgIpc) is 2.26. The van der Waals surface area contributed by atoms with Gasteiger partial charge in [0.15, 0.2) is 5.78 Å². The Bertz CT molecular complexity index is 523. The van der Waals surface area contributed by atoms with Gasteiger partial charge in [-0.1, -0.05) is 28.1 Å². The van der Waals surface area contributed by atoms with Gasteiger partial charge in [-0.15, -0.1) is 0 Å². The molecule has 0 radical (unpaired) electrons. The molecule has 7 heteroatoms. The Morgan fingerprint density at radius 3 is 2.63 bits per heavy atom. The van der Waals surface area contributed by atoms with Crippen LogP contribution in [0.4, 0.5) is 13.2 Å². The van der Waals surface area contributed by atoms with Crippen LogP contribution < -0.4 is 0 Å². The summed E-state index contributed by atoms with van der Waals surface area (Å²) in [7, 11) is 0. The van der Waals surface area contributed by atoms with Crippen molar-refractivity contribution in [3.8, 4) is 6.07 Å². The Labute approximate surface area is 121 Å². The lowest BCUT2D eigenvalue weighted by molar-refractivity contribution is -0.0328. The van der Waals surface area contributed by atoms with Crippen LogP contribution in [0, 0.1) is 11.3 Å². The number of rotatable bonds is 4. The van der Waals surface area contributed by atoms with Crippen molar-refractivity contribution in [2.24, 2.45) is 0 Å². The van der Waals surface area contributed by atoms with Crippen LogP contribution in [0.5, 0.6) is 0 Å². The Kier molecular flexibility index (Phi) is 5.44. The Hall–Kier alpha value is -1.00. The van der Waals surface area contributed by atoms with Crippen molar-refractivity contribution >= 4 is 33.5 Å². The molecule has 19 heavy (non-hydrogen) atoms. The van der Waals surface area contributed by atoms with Crippen molar-refractivity contribution < 1.29 is 18.0 Å². The summed E-state index contributed by atoms with van der Waals surface area (Å²) in [6.45, 7) is 1.54. The van der Waals surface area contributed by atoms with Crippen LogP contribution in [0.3, 0.4) is 0 Å². The lowest BCUT2D eigenvalue weighted by Crippen LogP contribution is -2.15. The molecule has 1 aromatic carbocycles. The monoisotopic (exact) mass is 351 g/mol. The molecule has 0 aliphatic rings. The fraction of sp³-hybridized carbons (Fsp3) is 0.333. The second kappa shape index (κ2) is 6.44. The van der Waals surface area contributed by atoms with Gasteiger partial charge in [-0.25, -0.2) is 0 Å². The number of hydrogen-bond acceptors (Lipinski definition) is 3. The number of halogens is 4. The molecule has 0 aliphatic heterocycles. The van der Waals surface area contributed by atoms with Gasteiger partial charge in [0.1, 0.15) is 0 Å². The largest absolute Gasteiger partial charge is 0.446 e. The van der Waals surface area contributed by atoms with Crippen LogP contribution in [-0.2, 0) is 6.42 Å². The van der Waals surface area contributed by atoms with E-state index >= 15 is 0 Å². The number of carbonyl (C=O) groups is 1. The van der Waals surface area contributed by atoms with E-state index in [4.69, 9.17) is 5.26 Å². The predicted molar refractivity (Wildman–Crippen MR) is 70.4 cm³/mol. The standard InChI is InChI=1S/C12H9BrF3NOS/c1-7(13)11(18)10-8(5-6-17)3-2-4-9(10)19-12(14,15)16/h2-4,7H,5H2,1H3. The van der Waals surface area contributed by atoms with Gasteiger partial charge >= 0.3 is 5.51 Å². The highest BCUT2D eigenvalue weighted by molar-refractivity contribution is 9.10. The maximum absolute atomic E-state index is 12.5. The van der Waals surface area contributed by atoms with Gasteiger partial charge in [0.25, 0.3) is 0 Å². The lowest BCUT2D eigenvalue weighted by atomic mass is 10.00. The molecule has 0 heterocycles. The molecule has 0 aromatic heterocycles. The number of ketones is 1. The number of nitrogens with zero attached hydrogens (tertiary/aromatic N) is 1. The van der Waals surface area contributed by atoms with Gasteiger partial charge in [0.05, 0.1) is 17.3 Å². The lowest BCUT2D eigenvalue weighted by Gasteiger charge is -2.14. The minimum atomic E-state index is -4.48. The summed E-state index contributed by atoms with van der Waals surface area (Å²) in [6, 6.07) is 5.99. The van der Waals surface area contributed by atoms with E-state index in [9.17, 15) is 18.0 Å². The first-order valence-corrected chi connectivity index (χ1v) is 6.92. The fourth-order valence-electron chi connectivity index (χ4n) is 1.50. The molecule has 0 amide bonds. The molecule has 0 aliphatic carbocycles. The molecule has 102 valence electrons. The van der Waals surface area contributed by atoms with Crippen LogP contribution >= 0.6 is 27.7 Å². The normalized spacial score (nSPS) is 12.8. The maximum atomic E-state index is 12.5. The number of benzene rings is 1. The van der Waals surface area contributed by atoms with Crippen molar-refractivity contribution in [2.45, 2.75) is 28.6 Å². The number of thioether (sulfide) groups is 1.